The zero-order chi connectivity index (χ0) is 17.3. The lowest BCUT2D eigenvalue weighted by molar-refractivity contribution is -0.0291. The molecule has 0 spiro atoms. The van der Waals surface area contributed by atoms with Crippen molar-refractivity contribution in [1.29, 1.82) is 0 Å². The molecule has 132 valence electrons. The molecule has 1 unspecified atom stereocenters. The fourth-order valence-electron chi connectivity index (χ4n) is 1.87. The van der Waals surface area contributed by atoms with E-state index < -0.39 is 54.3 Å². The molecule has 0 amide bonds. The molecule has 0 aromatic rings. The van der Waals surface area contributed by atoms with Gasteiger partial charge in [0.15, 0.2) is 0 Å². The van der Waals surface area contributed by atoms with Gasteiger partial charge in [-0.2, -0.15) is 4.31 Å². The summed E-state index contributed by atoms with van der Waals surface area (Å²) < 4.78 is 44.4. The summed E-state index contributed by atoms with van der Waals surface area (Å²) in [5.74, 6) is -1.05. The molecular weight excluding hydrogens is 373 g/mol. The van der Waals surface area contributed by atoms with Gasteiger partial charge in [-0.05, 0) is 6.42 Å². The summed E-state index contributed by atoms with van der Waals surface area (Å²) in [6.07, 6.45) is -5.31. The van der Waals surface area contributed by atoms with E-state index in [1.54, 1.807) is 0 Å². The van der Waals surface area contributed by atoms with Crippen LogP contribution in [-0.2, 0) is 27.1 Å². The van der Waals surface area contributed by atoms with Gasteiger partial charge >= 0.3 is 23.5 Å². The molecule has 22 heavy (non-hydrogen) atoms. The van der Waals surface area contributed by atoms with Crippen LogP contribution in [0.2, 0.25) is 0 Å². The van der Waals surface area contributed by atoms with Crippen LogP contribution in [-0.4, -0.2) is 59.6 Å². The van der Waals surface area contributed by atoms with Gasteiger partial charge in [0.1, 0.15) is 6.10 Å². The molecule has 0 aliphatic heterocycles. The van der Waals surface area contributed by atoms with E-state index >= 15 is 0 Å². The second-order valence-corrected chi connectivity index (χ2v) is 8.47. The normalized spacial score (nSPS) is 32.9. The molecule has 16 heteroatoms. The van der Waals surface area contributed by atoms with Crippen molar-refractivity contribution in [3.8, 4) is 0 Å². The van der Waals surface area contributed by atoms with Gasteiger partial charge in [-0.15, -0.1) is 0 Å². The van der Waals surface area contributed by atoms with Gasteiger partial charge in [-0.3, -0.25) is 9.05 Å². The van der Waals surface area contributed by atoms with E-state index in [9.17, 15) is 23.9 Å². The van der Waals surface area contributed by atoms with Crippen LogP contribution < -0.4 is 0 Å². The van der Waals surface area contributed by atoms with Crippen LogP contribution in [0.5, 0.6) is 0 Å². The van der Waals surface area contributed by atoms with Crippen LogP contribution in [0.3, 0.4) is 0 Å². The van der Waals surface area contributed by atoms with Crippen LogP contribution in [0.25, 0.3) is 0 Å². The Labute approximate surface area is 123 Å². The lowest BCUT2D eigenvalue weighted by Crippen LogP contribution is -2.32. The van der Waals surface area contributed by atoms with Crippen LogP contribution >= 0.6 is 23.5 Å². The monoisotopic (exact) mass is 388 g/mol. The molecular formula is C6H15O13P3. The fourth-order valence-corrected chi connectivity index (χ4v) is 4.03. The SMILES string of the molecule is O=P(O)(O)OC[C@H]1C[C@H](OP(=O)(O)OP(=O)(O)O)[C@@H](O)[C@H]1O. The van der Waals surface area contributed by atoms with E-state index in [0.29, 0.717) is 0 Å². The lowest BCUT2D eigenvalue weighted by Gasteiger charge is -2.20. The third-order valence-electron chi connectivity index (χ3n) is 2.68. The first-order valence-electron chi connectivity index (χ1n) is 5.54. The summed E-state index contributed by atoms with van der Waals surface area (Å²) in [7, 11) is -15.4. The predicted octanol–water partition coefficient (Wildman–Crippen LogP) is -1.57. The minimum absolute atomic E-state index is 0.378. The van der Waals surface area contributed by atoms with Crippen molar-refractivity contribution in [2.45, 2.75) is 24.7 Å². The molecule has 1 saturated carbocycles. The van der Waals surface area contributed by atoms with Crippen LogP contribution in [0, 0.1) is 5.92 Å². The van der Waals surface area contributed by atoms with Crippen LogP contribution in [0.15, 0.2) is 0 Å². The van der Waals surface area contributed by atoms with Gasteiger partial charge in [0, 0.05) is 5.92 Å². The first-order valence-corrected chi connectivity index (χ1v) is 10.1. The average Bonchev–Trinajstić information content (AvgIpc) is 2.49. The van der Waals surface area contributed by atoms with E-state index in [1.807, 2.05) is 0 Å². The minimum atomic E-state index is -5.34. The van der Waals surface area contributed by atoms with Gasteiger partial charge in [0.2, 0.25) is 0 Å². The highest BCUT2D eigenvalue weighted by atomic mass is 31.3. The smallest absolute Gasteiger partial charge is 0.390 e. The van der Waals surface area contributed by atoms with Crippen molar-refractivity contribution in [1.82, 2.24) is 0 Å². The van der Waals surface area contributed by atoms with Crippen molar-refractivity contribution >= 4 is 23.5 Å². The van der Waals surface area contributed by atoms with Gasteiger partial charge in [0.25, 0.3) is 0 Å². The van der Waals surface area contributed by atoms with E-state index in [2.05, 4.69) is 13.4 Å². The lowest BCUT2D eigenvalue weighted by atomic mass is 10.1. The third-order valence-corrected chi connectivity index (χ3v) is 5.38. The highest BCUT2D eigenvalue weighted by Crippen LogP contribution is 2.59. The van der Waals surface area contributed by atoms with Crippen molar-refractivity contribution in [2.24, 2.45) is 5.92 Å². The van der Waals surface area contributed by atoms with Crippen molar-refractivity contribution in [3.05, 3.63) is 0 Å². The van der Waals surface area contributed by atoms with Crippen LogP contribution in [0.4, 0.5) is 0 Å². The maximum absolute atomic E-state index is 11.3. The topological polar surface area (TPSA) is 221 Å². The number of hydrogen-bond donors (Lipinski definition) is 7. The van der Waals surface area contributed by atoms with Gasteiger partial charge in [-0.1, -0.05) is 0 Å². The van der Waals surface area contributed by atoms with Crippen LogP contribution in [0.1, 0.15) is 6.42 Å². The molecule has 0 aromatic heterocycles. The Kier molecular flexibility index (Phi) is 6.51. The summed E-state index contributed by atoms with van der Waals surface area (Å²) in [6.45, 7) is -0.683. The maximum Gasteiger partial charge on any atom is 0.481 e. The van der Waals surface area contributed by atoms with Crippen molar-refractivity contribution in [2.75, 3.05) is 6.61 Å². The Morgan fingerprint density at radius 2 is 1.45 bits per heavy atom. The zero-order valence-corrected chi connectivity index (χ0v) is 13.3. The summed E-state index contributed by atoms with van der Waals surface area (Å²) in [4.78, 5) is 43.1. The molecule has 0 heterocycles. The van der Waals surface area contributed by atoms with E-state index in [1.165, 1.54) is 0 Å². The Balaban J connectivity index is 2.68. The van der Waals surface area contributed by atoms with Crippen molar-refractivity contribution in [3.63, 3.8) is 0 Å². The zero-order valence-electron chi connectivity index (χ0n) is 10.6. The molecule has 1 fully saturated rings. The quantitative estimate of drug-likeness (QED) is 0.245. The Morgan fingerprint density at radius 3 is 1.91 bits per heavy atom. The molecule has 0 radical (unpaired) electrons. The Morgan fingerprint density at radius 1 is 0.909 bits per heavy atom. The minimum Gasteiger partial charge on any atom is -0.390 e. The summed E-state index contributed by atoms with van der Waals surface area (Å²) in [6, 6.07) is 0. The van der Waals surface area contributed by atoms with Gasteiger partial charge in [0.05, 0.1) is 18.8 Å². The molecule has 0 saturated heterocycles. The molecule has 0 bridgehead atoms. The third kappa shape index (κ3) is 6.81. The number of phosphoric acid groups is 3. The first kappa shape index (κ1) is 20.3. The molecule has 1 aliphatic rings. The standard InChI is InChI=1S/C6H15O13P3/c7-5-3(2-17-20(9,10)11)1-4(6(5)8)18-22(15,16)19-21(12,13)14/h3-8H,1-2H2,(H,15,16)(H2,9,10,11)(H2,12,13,14)/t3-,4+,5+,6-/m1/s1. The number of rotatable bonds is 7. The average molecular weight is 388 g/mol. The number of aliphatic hydroxyl groups excluding tert-OH is 2. The second-order valence-electron chi connectivity index (χ2n) is 4.45. The van der Waals surface area contributed by atoms with E-state index in [0.717, 1.165) is 0 Å². The number of hydrogen-bond acceptors (Lipinski definition) is 8. The second kappa shape index (κ2) is 7.04. The Hall–Kier alpha value is 0.290. The summed E-state index contributed by atoms with van der Waals surface area (Å²) in [5, 5.41) is 19.2. The molecule has 5 atom stereocenters. The maximum atomic E-state index is 11.3. The van der Waals surface area contributed by atoms with Gasteiger partial charge in [-0.25, -0.2) is 13.7 Å². The number of phosphoric ester groups is 2. The van der Waals surface area contributed by atoms with Gasteiger partial charge < -0.3 is 34.7 Å². The fraction of sp³-hybridized carbons (Fsp3) is 1.00. The Bertz CT molecular complexity index is 522. The molecule has 1 aliphatic carbocycles. The van der Waals surface area contributed by atoms with Crippen molar-refractivity contribution < 1.29 is 61.7 Å². The summed E-state index contributed by atoms with van der Waals surface area (Å²) >= 11 is 0. The molecule has 7 N–H and O–H groups in total. The highest BCUT2D eigenvalue weighted by Gasteiger charge is 2.47. The first-order chi connectivity index (χ1) is 9.70. The molecule has 13 nitrogen and oxygen atoms in total. The number of aliphatic hydroxyl groups is 2. The van der Waals surface area contributed by atoms with E-state index in [4.69, 9.17) is 24.5 Å². The molecule has 0 aromatic carbocycles. The summed E-state index contributed by atoms with van der Waals surface area (Å²) in [5.41, 5.74) is 0. The molecule has 1 rings (SSSR count). The predicted molar refractivity (Wildman–Crippen MR) is 65.9 cm³/mol. The highest BCUT2D eigenvalue weighted by molar-refractivity contribution is 7.60. The van der Waals surface area contributed by atoms with E-state index in [-0.39, 0.29) is 6.42 Å². The largest absolute Gasteiger partial charge is 0.481 e.